The Bertz CT molecular complexity index is 980. The van der Waals surface area contributed by atoms with Crippen molar-refractivity contribution in [3.63, 3.8) is 0 Å². The number of para-hydroxylation sites is 1. The summed E-state index contributed by atoms with van der Waals surface area (Å²) in [5.41, 5.74) is 4.06. The van der Waals surface area contributed by atoms with E-state index in [1.54, 1.807) is 4.90 Å². The Labute approximate surface area is 153 Å². The molecule has 0 fully saturated rings. The summed E-state index contributed by atoms with van der Waals surface area (Å²) in [6, 6.07) is 18.1. The molecule has 3 aromatic rings. The maximum atomic E-state index is 13.0. The number of aromatic nitrogens is 2. The van der Waals surface area contributed by atoms with Crippen molar-refractivity contribution in [2.75, 3.05) is 11.9 Å². The second kappa shape index (κ2) is 6.06. The van der Waals surface area contributed by atoms with E-state index >= 15 is 0 Å². The van der Waals surface area contributed by atoms with Crippen molar-refractivity contribution in [2.45, 2.75) is 25.7 Å². The van der Waals surface area contributed by atoms with Gasteiger partial charge in [-0.25, -0.2) is 9.97 Å². The van der Waals surface area contributed by atoms with Crippen molar-refractivity contribution in [1.29, 1.82) is 0 Å². The Morgan fingerprint density at radius 2 is 1.69 bits per heavy atom. The first-order valence-corrected chi connectivity index (χ1v) is 8.76. The molecule has 4 rings (SSSR count). The standard InChI is InChI=1S/C22H21N3O/c1-22(2)17-14-23-19(13-15-9-5-4-6-10-15)24-20(17)16-11-7-8-12-18(16)25(3)21(22)26/h4-12,14H,13H2,1-3H3. The summed E-state index contributed by atoms with van der Waals surface area (Å²) in [6.07, 6.45) is 2.49. The Morgan fingerprint density at radius 1 is 1.00 bits per heavy atom. The average molecular weight is 343 g/mol. The van der Waals surface area contributed by atoms with E-state index in [1.807, 2.05) is 69.6 Å². The van der Waals surface area contributed by atoms with E-state index in [-0.39, 0.29) is 5.91 Å². The van der Waals surface area contributed by atoms with Gasteiger partial charge in [-0.05, 0) is 25.5 Å². The van der Waals surface area contributed by atoms with Crippen LogP contribution in [0.5, 0.6) is 0 Å². The lowest BCUT2D eigenvalue weighted by atomic mass is 9.83. The number of likely N-dealkylation sites (N-methyl/N-ethyl adjacent to an activating group) is 1. The van der Waals surface area contributed by atoms with E-state index in [0.29, 0.717) is 6.42 Å². The van der Waals surface area contributed by atoms with Crippen LogP contribution in [0.4, 0.5) is 5.69 Å². The van der Waals surface area contributed by atoms with Gasteiger partial charge in [0.2, 0.25) is 5.91 Å². The largest absolute Gasteiger partial charge is 0.314 e. The third-order valence-electron chi connectivity index (χ3n) is 5.08. The highest BCUT2D eigenvalue weighted by atomic mass is 16.2. The molecule has 1 amide bonds. The van der Waals surface area contributed by atoms with Gasteiger partial charge in [0.15, 0.2) is 0 Å². The van der Waals surface area contributed by atoms with E-state index in [1.165, 1.54) is 5.56 Å². The minimum Gasteiger partial charge on any atom is -0.314 e. The van der Waals surface area contributed by atoms with E-state index in [4.69, 9.17) is 4.98 Å². The second-order valence-electron chi connectivity index (χ2n) is 7.22. The highest BCUT2D eigenvalue weighted by molar-refractivity contribution is 6.06. The van der Waals surface area contributed by atoms with E-state index < -0.39 is 5.41 Å². The number of carbonyl (C=O) groups is 1. The molecule has 0 unspecified atom stereocenters. The van der Waals surface area contributed by atoms with Crippen molar-refractivity contribution >= 4 is 11.6 Å². The van der Waals surface area contributed by atoms with Crippen LogP contribution in [0.25, 0.3) is 11.3 Å². The molecule has 1 aromatic heterocycles. The van der Waals surface area contributed by atoms with E-state index in [9.17, 15) is 4.79 Å². The molecule has 4 heteroatoms. The molecule has 26 heavy (non-hydrogen) atoms. The smallest absolute Gasteiger partial charge is 0.236 e. The lowest BCUT2D eigenvalue weighted by Crippen LogP contribution is -2.40. The van der Waals surface area contributed by atoms with Crippen LogP contribution in [0.15, 0.2) is 60.8 Å². The van der Waals surface area contributed by atoms with Gasteiger partial charge in [0.05, 0.1) is 16.8 Å². The minimum absolute atomic E-state index is 0.0445. The number of carbonyl (C=O) groups excluding carboxylic acids is 1. The number of anilines is 1. The normalized spacial score (nSPS) is 15.2. The molecule has 130 valence electrons. The summed E-state index contributed by atoms with van der Waals surface area (Å²) < 4.78 is 0. The summed E-state index contributed by atoms with van der Waals surface area (Å²) in [5, 5.41) is 0. The maximum Gasteiger partial charge on any atom is 0.236 e. The van der Waals surface area contributed by atoms with Gasteiger partial charge >= 0.3 is 0 Å². The van der Waals surface area contributed by atoms with Crippen LogP contribution in [0.2, 0.25) is 0 Å². The summed E-state index contributed by atoms with van der Waals surface area (Å²) in [7, 11) is 1.83. The molecule has 0 spiro atoms. The first kappa shape index (κ1) is 16.5. The van der Waals surface area contributed by atoms with Crippen molar-refractivity contribution in [3.8, 4) is 11.3 Å². The van der Waals surface area contributed by atoms with Crippen molar-refractivity contribution in [1.82, 2.24) is 9.97 Å². The lowest BCUT2D eigenvalue weighted by Gasteiger charge is -2.27. The molecule has 1 aliphatic heterocycles. The van der Waals surface area contributed by atoms with Crippen LogP contribution < -0.4 is 4.90 Å². The van der Waals surface area contributed by atoms with E-state index in [0.717, 1.165) is 28.3 Å². The molecular formula is C22H21N3O. The van der Waals surface area contributed by atoms with Crippen LogP contribution >= 0.6 is 0 Å². The summed E-state index contributed by atoms with van der Waals surface area (Å²) >= 11 is 0. The fourth-order valence-electron chi connectivity index (χ4n) is 3.55. The zero-order chi connectivity index (χ0) is 18.3. The highest BCUT2D eigenvalue weighted by Gasteiger charge is 2.39. The number of hydrogen-bond donors (Lipinski definition) is 0. The summed E-state index contributed by atoms with van der Waals surface area (Å²) in [6.45, 7) is 3.88. The number of benzene rings is 2. The average Bonchev–Trinajstić information content (AvgIpc) is 2.72. The molecule has 0 radical (unpaired) electrons. The summed E-state index contributed by atoms with van der Waals surface area (Å²) in [4.78, 5) is 24.2. The van der Waals surface area contributed by atoms with Gasteiger partial charge in [-0.3, -0.25) is 4.79 Å². The Kier molecular flexibility index (Phi) is 3.83. The first-order valence-electron chi connectivity index (χ1n) is 8.76. The third kappa shape index (κ3) is 2.58. The third-order valence-corrected chi connectivity index (χ3v) is 5.08. The van der Waals surface area contributed by atoms with Crippen LogP contribution in [0, 0.1) is 0 Å². The number of fused-ring (bicyclic) bond motifs is 3. The van der Waals surface area contributed by atoms with Crippen LogP contribution in [0.1, 0.15) is 30.8 Å². The van der Waals surface area contributed by atoms with Crippen LogP contribution in [-0.4, -0.2) is 22.9 Å². The zero-order valence-corrected chi connectivity index (χ0v) is 15.2. The van der Waals surface area contributed by atoms with Gasteiger partial charge in [0.25, 0.3) is 0 Å². The monoisotopic (exact) mass is 343 g/mol. The number of amides is 1. The van der Waals surface area contributed by atoms with Crippen molar-refractivity contribution < 1.29 is 4.79 Å². The Morgan fingerprint density at radius 3 is 2.46 bits per heavy atom. The molecule has 2 aromatic carbocycles. The number of rotatable bonds is 2. The SMILES string of the molecule is CN1C(=O)C(C)(C)c2cnc(Cc3ccccc3)nc2-c2ccccc21. The number of hydrogen-bond acceptors (Lipinski definition) is 3. The van der Waals surface area contributed by atoms with Crippen molar-refractivity contribution in [3.05, 3.63) is 77.7 Å². The Hall–Kier alpha value is -3.01. The first-order chi connectivity index (χ1) is 12.5. The molecule has 0 saturated heterocycles. The molecule has 1 aliphatic rings. The molecule has 0 saturated carbocycles. The van der Waals surface area contributed by atoms with Crippen LogP contribution in [-0.2, 0) is 16.6 Å². The quantitative estimate of drug-likeness (QED) is 0.707. The van der Waals surface area contributed by atoms with Gasteiger partial charge in [0.1, 0.15) is 5.82 Å². The van der Waals surface area contributed by atoms with Gasteiger partial charge in [-0.15, -0.1) is 0 Å². The highest BCUT2D eigenvalue weighted by Crippen LogP contribution is 2.41. The minimum atomic E-state index is -0.686. The fraction of sp³-hybridized carbons (Fsp3) is 0.227. The molecule has 2 heterocycles. The lowest BCUT2D eigenvalue weighted by molar-refractivity contribution is -0.122. The maximum absolute atomic E-state index is 13.0. The van der Waals surface area contributed by atoms with Crippen LogP contribution in [0.3, 0.4) is 0 Å². The molecule has 4 nitrogen and oxygen atoms in total. The van der Waals surface area contributed by atoms with Crippen molar-refractivity contribution in [2.24, 2.45) is 0 Å². The fourth-order valence-corrected chi connectivity index (χ4v) is 3.55. The molecule has 0 N–H and O–H groups in total. The molecule has 0 bridgehead atoms. The number of nitrogens with zero attached hydrogens (tertiary/aromatic N) is 3. The second-order valence-corrected chi connectivity index (χ2v) is 7.22. The zero-order valence-electron chi connectivity index (χ0n) is 15.2. The van der Waals surface area contributed by atoms with Gasteiger partial charge in [-0.2, -0.15) is 0 Å². The van der Waals surface area contributed by atoms with E-state index in [2.05, 4.69) is 17.1 Å². The van der Waals surface area contributed by atoms with Gasteiger partial charge in [-0.1, -0.05) is 48.5 Å². The predicted octanol–water partition coefficient (Wildman–Crippen LogP) is 3.99. The Balaban J connectivity index is 1.90. The molecule has 0 aliphatic carbocycles. The van der Waals surface area contributed by atoms with Gasteiger partial charge in [0, 0.05) is 30.8 Å². The molecule has 0 atom stereocenters. The van der Waals surface area contributed by atoms with Gasteiger partial charge < -0.3 is 4.90 Å². The summed E-state index contributed by atoms with van der Waals surface area (Å²) in [5.74, 6) is 0.806. The predicted molar refractivity (Wildman–Crippen MR) is 103 cm³/mol. The molecular weight excluding hydrogens is 322 g/mol. The topological polar surface area (TPSA) is 46.1 Å².